The van der Waals surface area contributed by atoms with Gasteiger partial charge in [0.1, 0.15) is 12.3 Å². The summed E-state index contributed by atoms with van der Waals surface area (Å²) in [4.78, 5) is 10.5. The highest BCUT2D eigenvalue weighted by molar-refractivity contribution is 5.88. The lowest BCUT2D eigenvalue weighted by atomic mass is 10.2. The summed E-state index contributed by atoms with van der Waals surface area (Å²) in [6, 6.07) is 0. The van der Waals surface area contributed by atoms with Gasteiger partial charge in [0.25, 0.3) is 0 Å². The molecule has 0 saturated carbocycles. The van der Waals surface area contributed by atoms with E-state index in [1.165, 1.54) is 7.11 Å². The molecule has 0 aliphatic carbocycles. The summed E-state index contributed by atoms with van der Waals surface area (Å²) in [7, 11) is 1.26. The van der Waals surface area contributed by atoms with Gasteiger partial charge >= 0.3 is 12.1 Å². The first kappa shape index (κ1) is 11.5. The molecule has 0 atom stereocenters. The van der Waals surface area contributed by atoms with Gasteiger partial charge in [0, 0.05) is 13.3 Å². The average Bonchev–Trinajstić information content (AvgIpc) is 2.48. The predicted molar refractivity (Wildman–Crippen MR) is 41.2 cm³/mol. The third-order valence-corrected chi connectivity index (χ3v) is 1.52. The maximum Gasteiger partial charge on any atom is 0.436 e. The van der Waals surface area contributed by atoms with Crippen molar-refractivity contribution in [1.29, 1.82) is 0 Å². The summed E-state index contributed by atoms with van der Waals surface area (Å²) in [6.45, 7) is -0.240. The van der Waals surface area contributed by atoms with E-state index in [0.717, 1.165) is 10.9 Å². The number of alkyl halides is 3. The smallest absolute Gasteiger partial charge is 0.436 e. The second kappa shape index (κ2) is 3.89. The molecular formula is C7H7F3N2O3. The molecule has 0 bridgehead atoms. The van der Waals surface area contributed by atoms with E-state index in [2.05, 4.69) is 9.84 Å². The molecule has 1 aromatic rings. The molecule has 1 heterocycles. The Morgan fingerprint density at radius 3 is 2.60 bits per heavy atom. The fraction of sp³-hybridized carbons (Fsp3) is 0.429. The van der Waals surface area contributed by atoms with Gasteiger partial charge < -0.3 is 9.84 Å². The van der Waals surface area contributed by atoms with Crippen LogP contribution in [-0.2, 0) is 17.6 Å². The second-order valence-electron chi connectivity index (χ2n) is 2.65. The van der Waals surface area contributed by atoms with E-state index in [1.54, 1.807) is 0 Å². The highest BCUT2D eigenvalue weighted by Gasteiger charge is 2.39. The van der Waals surface area contributed by atoms with Gasteiger partial charge in [-0.25, -0.2) is 9.48 Å². The van der Waals surface area contributed by atoms with Gasteiger partial charge in [-0.05, 0) is 0 Å². The van der Waals surface area contributed by atoms with Gasteiger partial charge in [-0.3, -0.25) is 0 Å². The molecule has 1 N–H and O–H groups in total. The zero-order valence-electron chi connectivity index (χ0n) is 7.58. The number of aromatic nitrogens is 2. The fourth-order valence-electron chi connectivity index (χ4n) is 0.986. The van der Waals surface area contributed by atoms with Crippen LogP contribution < -0.4 is 0 Å². The Hall–Kier alpha value is -1.57. The number of methoxy groups -OCH3 is 1. The van der Waals surface area contributed by atoms with E-state index in [0.29, 0.717) is 0 Å². The molecule has 0 saturated heterocycles. The summed E-state index contributed by atoms with van der Waals surface area (Å²) in [6.07, 6.45) is -4.01. The van der Waals surface area contributed by atoms with Crippen molar-refractivity contribution in [2.45, 2.75) is 12.9 Å². The van der Waals surface area contributed by atoms with Crippen LogP contribution in [0.1, 0.15) is 16.1 Å². The Balaban J connectivity index is 3.18. The highest BCUT2D eigenvalue weighted by Crippen LogP contribution is 2.30. The Labute approximate surface area is 82.1 Å². The minimum Gasteiger partial charge on any atom is -0.478 e. The van der Waals surface area contributed by atoms with E-state index in [9.17, 15) is 18.0 Å². The largest absolute Gasteiger partial charge is 0.478 e. The second-order valence-corrected chi connectivity index (χ2v) is 2.65. The van der Waals surface area contributed by atoms with Crippen molar-refractivity contribution in [2.75, 3.05) is 7.11 Å². The van der Waals surface area contributed by atoms with E-state index in [4.69, 9.17) is 5.11 Å². The molecule has 5 nitrogen and oxygen atoms in total. The first-order chi connectivity index (χ1) is 6.86. The van der Waals surface area contributed by atoms with Crippen molar-refractivity contribution in [3.8, 4) is 0 Å². The Bertz CT molecular complexity index is 372. The molecular weight excluding hydrogens is 217 g/mol. The van der Waals surface area contributed by atoms with Gasteiger partial charge in [0.15, 0.2) is 5.69 Å². The number of rotatable bonds is 3. The van der Waals surface area contributed by atoms with Crippen LogP contribution in [0.2, 0.25) is 0 Å². The van der Waals surface area contributed by atoms with Crippen LogP contribution in [0.15, 0.2) is 6.20 Å². The zero-order chi connectivity index (χ0) is 11.6. The third kappa shape index (κ3) is 2.46. The van der Waals surface area contributed by atoms with Crippen LogP contribution in [0.25, 0.3) is 0 Å². The van der Waals surface area contributed by atoms with Gasteiger partial charge in [-0.15, -0.1) is 0 Å². The van der Waals surface area contributed by atoms with Crippen LogP contribution in [0, 0.1) is 0 Å². The van der Waals surface area contributed by atoms with Gasteiger partial charge in [0.2, 0.25) is 0 Å². The molecule has 0 aliphatic heterocycles. The quantitative estimate of drug-likeness (QED) is 0.837. The lowest BCUT2D eigenvalue weighted by Crippen LogP contribution is -2.12. The van der Waals surface area contributed by atoms with Crippen molar-refractivity contribution in [3.05, 3.63) is 17.5 Å². The molecule has 0 radical (unpaired) electrons. The van der Waals surface area contributed by atoms with E-state index in [1.807, 2.05) is 0 Å². The van der Waals surface area contributed by atoms with Crippen LogP contribution in [0.5, 0.6) is 0 Å². The molecule has 84 valence electrons. The summed E-state index contributed by atoms with van der Waals surface area (Å²) in [5.74, 6) is -1.68. The first-order valence-corrected chi connectivity index (χ1v) is 3.73. The average molecular weight is 224 g/mol. The monoisotopic (exact) mass is 224 g/mol. The van der Waals surface area contributed by atoms with Crippen molar-refractivity contribution < 1.29 is 27.8 Å². The van der Waals surface area contributed by atoms with E-state index in [-0.39, 0.29) is 6.73 Å². The molecule has 1 rings (SSSR count). The number of aromatic carboxylic acids is 1. The fourth-order valence-corrected chi connectivity index (χ4v) is 0.986. The molecule has 0 unspecified atom stereocenters. The van der Waals surface area contributed by atoms with Gasteiger partial charge in [-0.1, -0.05) is 0 Å². The summed E-state index contributed by atoms with van der Waals surface area (Å²) in [5, 5.41) is 11.6. The number of carboxylic acid groups (broad SMARTS) is 1. The molecule has 8 heteroatoms. The van der Waals surface area contributed by atoms with Gasteiger partial charge in [0.05, 0.1) is 0 Å². The molecule has 15 heavy (non-hydrogen) atoms. The number of hydrogen-bond acceptors (Lipinski definition) is 3. The minimum absolute atomic E-state index is 0.240. The maximum absolute atomic E-state index is 12.3. The van der Waals surface area contributed by atoms with Crippen molar-refractivity contribution in [3.63, 3.8) is 0 Å². The van der Waals surface area contributed by atoms with E-state index >= 15 is 0 Å². The molecule has 1 aromatic heterocycles. The third-order valence-electron chi connectivity index (χ3n) is 1.52. The minimum atomic E-state index is -4.79. The maximum atomic E-state index is 12.3. The van der Waals surface area contributed by atoms with Crippen molar-refractivity contribution >= 4 is 5.97 Å². The zero-order valence-corrected chi connectivity index (χ0v) is 7.58. The lowest BCUT2D eigenvalue weighted by molar-refractivity contribution is -0.142. The number of ether oxygens (including phenoxy) is 1. The first-order valence-electron chi connectivity index (χ1n) is 3.73. The Kier molecular flexibility index (Phi) is 2.98. The molecule has 0 spiro atoms. The Morgan fingerprint density at radius 2 is 2.27 bits per heavy atom. The van der Waals surface area contributed by atoms with E-state index < -0.39 is 23.4 Å². The number of halogens is 3. The van der Waals surface area contributed by atoms with Crippen LogP contribution in [-0.4, -0.2) is 28.0 Å². The number of hydrogen-bond donors (Lipinski definition) is 1. The van der Waals surface area contributed by atoms with Crippen LogP contribution in [0.3, 0.4) is 0 Å². The van der Waals surface area contributed by atoms with Crippen molar-refractivity contribution in [2.24, 2.45) is 0 Å². The molecule has 0 aromatic carbocycles. The summed E-state index contributed by atoms with van der Waals surface area (Å²) < 4.78 is 42.1. The predicted octanol–water partition coefficient (Wildman–Crippen LogP) is 1.20. The summed E-state index contributed by atoms with van der Waals surface area (Å²) in [5.41, 5.74) is -2.31. The lowest BCUT2D eigenvalue weighted by Gasteiger charge is -2.02. The topological polar surface area (TPSA) is 64.3 Å². The number of nitrogens with zero attached hydrogens (tertiary/aromatic N) is 2. The van der Waals surface area contributed by atoms with Gasteiger partial charge in [-0.2, -0.15) is 18.3 Å². The Morgan fingerprint density at radius 1 is 1.67 bits per heavy atom. The molecule has 0 aliphatic rings. The summed E-state index contributed by atoms with van der Waals surface area (Å²) >= 11 is 0. The normalized spacial score (nSPS) is 11.7. The van der Waals surface area contributed by atoms with Crippen LogP contribution in [0.4, 0.5) is 13.2 Å². The number of carbonyl (C=O) groups is 1. The van der Waals surface area contributed by atoms with Crippen molar-refractivity contribution in [1.82, 2.24) is 9.78 Å². The molecule has 0 fully saturated rings. The standard InChI is InChI=1S/C7H7F3N2O3/c1-15-3-12-2-4(6(13)14)5(11-12)7(8,9)10/h2H,3H2,1H3,(H,13,14). The van der Waals surface area contributed by atoms with Crippen LogP contribution >= 0.6 is 0 Å². The number of carboxylic acids is 1. The highest BCUT2D eigenvalue weighted by atomic mass is 19.4. The SMILES string of the molecule is COCn1cc(C(=O)O)c(C(F)(F)F)n1. The molecule has 0 amide bonds.